The lowest BCUT2D eigenvalue weighted by Gasteiger charge is -2.29. The molecule has 182 valence electrons. The van der Waals surface area contributed by atoms with Crippen LogP contribution in [0.4, 0.5) is 11.5 Å². The molecule has 1 aliphatic heterocycles. The molecule has 5 nitrogen and oxygen atoms in total. The molecule has 5 rings (SSSR count). The lowest BCUT2D eigenvalue weighted by molar-refractivity contribution is 0.201. The van der Waals surface area contributed by atoms with Gasteiger partial charge >= 0.3 is 0 Å². The van der Waals surface area contributed by atoms with E-state index in [0.717, 1.165) is 51.6 Å². The Morgan fingerprint density at radius 2 is 1.94 bits per heavy atom. The first-order chi connectivity index (χ1) is 17.7. The van der Waals surface area contributed by atoms with E-state index in [1.807, 2.05) is 55.5 Å². The number of fused-ring (bicyclic) bond motifs is 1. The minimum Gasteiger partial charge on any atom is -0.457 e. The van der Waals surface area contributed by atoms with Crippen molar-refractivity contribution in [2.75, 3.05) is 25.0 Å². The van der Waals surface area contributed by atoms with Gasteiger partial charge in [-0.1, -0.05) is 37.0 Å². The molecule has 1 unspecified atom stereocenters. The molecule has 1 atom stereocenters. The van der Waals surface area contributed by atoms with Gasteiger partial charge in [-0.3, -0.25) is 0 Å². The normalized spacial score (nSPS) is 15.8. The molecule has 1 aliphatic rings. The first-order valence-corrected chi connectivity index (χ1v) is 12.8. The average molecular weight is 477 g/mol. The molecule has 0 saturated carbocycles. The summed E-state index contributed by atoms with van der Waals surface area (Å²) in [5, 5.41) is 4.43. The highest BCUT2D eigenvalue weighted by atomic mass is 16.5. The summed E-state index contributed by atoms with van der Waals surface area (Å²) in [6.07, 6.45) is 5.20. The van der Waals surface area contributed by atoms with E-state index in [1.165, 1.54) is 32.4 Å². The number of nitrogens with one attached hydrogen (secondary N) is 1. The van der Waals surface area contributed by atoms with Gasteiger partial charge in [0.05, 0.1) is 5.52 Å². The SMILES string of the molecule is CCCN1CCCC(C#Cc2ccc3ncnc(Nc4ccc(Oc5ccccc5)c(C)c4)c3c2)C1. The fourth-order valence-corrected chi connectivity index (χ4v) is 4.71. The molecular weight excluding hydrogens is 444 g/mol. The third-order valence-electron chi connectivity index (χ3n) is 6.51. The van der Waals surface area contributed by atoms with E-state index in [1.54, 1.807) is 6.33 Å². The minimum atomic E-state index is 0.435. The number of aromatic nitrogens is 2. The average Bonchev–Trinajstić information content (AvgIpc) is 2.90. The van der Waals surface area contributed by atoms with E-state index < -0.39 is 0 Å². The van der Waals surface area contributed by atoms with Crippen LogP contribution in [0.3, 0.4) is 0 Å². The Kier molecular flexibility index (Phi) is 7.44. The Balaban J connectivity index is 1.34. The molecule has 4 aromatic rings. The van der Waals surface area contributed by atoms with E-state index in [9.17, 15) is 0 Å². The van der Waals surface area contributed by atoms with Crippen LogP contribution in [0.15, 0.2) is 73.1 Å². The smallest absolute Gasteiger partial charge is 0.141 e. The summed E-state index contributed by atoms with van der Waals surface area (Å²) in [6.45, 7) is 7.73. The van der Waals surface area contributed by atoms with Gasteiger partial charge in [-0.2, -0.15) is 0 Å². The van der Waals surface area contributed by atoms with E-state index in [4.69, 9.17) is 4.74 Å². The molecule has 1 aromatic heterocycles. The molecule has 0 bridgehead atoms. The number of piperidine rings is 1. The van der Waals surface area contributed by atoms with Crippen LogP contribution >= 0.6 is 0 Å². The maximum Gasteiger partial charge on any atom is 0.141 e. The first kappa shape index (κ1) is 23.8. The second-order valence-electron chi connectivity index (χ2n) is 9.38. The fraction of sp³-hybridized carbons (Fsp3) is 0.290. The van der Waals surface area contributed by atoms with Gasteiger partial charge in [-0.05, 0) is 93.4 Å². The summed E-state index contributed by atoms with van der Waals surface area (Å²) >= 11 is 0. The highest BCUT2D eigenvalue weighted by molar-refractivity contribution is 5.91. The summed E-state index contributed by atoms with van der Waals surface area (Å²) < 4.78 is 6.03. The number of anilines is 2. The Morgan fingerprint density at radius 1 is 1.06 bits per heavy atom. The van der Waals surface area contributed by atoms with E-state index in [2.05, 4.69) is 57.1 Å². The van der Waals surface area contributed by atoms with E-state index in [0.29, 0.717) is 5.92 Å². The Hall–Kier alpha value is -3.88. The van der Waals surface area contributed by atoms with Crippen LogP contribution in [0.1, 0.15) is 37.3 Å². The molecule has 0 radical (unpaired) electrons. The van der Waals surface area contributed by atoms with Gasteiger partial charge in [-0.15, -0.1) is 0 Å². The van der Waals surface area contributed by atoms with Crippen LogP contribution in [0.5, 0.6) is 11.5 Å². The predicted octanol–water partition coefficient (Wildman–Crippen LogP) is 6.95. The van der Waals surface area contributed by atoms with Gasteiger partial charge < -0.3 is 15.0 Å². The molecule has 1 fully saturated rings. The van der Waals surface area contributed by atoms with Crippen LogP contribution in [-0.2, 0) is 0 Å². The van der Waals surface area contributed by atoms with Crippen molar-refractivity contribution < 1.29 is 4.74 Å². The van der Waals surface area contributed by atoms with Gasteiger partial charge in [0.25, 0.3) is 0 Å². The third kappa shape index (κ3) is 5.84. The zero-order valence-electron chi connectivity index (χ0n) is 21.0. The Labute approximate surface area is 213 Å². The quantitative estimate of drug-likeness (QED) is 0.305. The van der Waals surface area contributed by atoms with Gasteiger partial charge in [0.2, 0.25) is 0 Å². The van der Waals surface area contributed by atoms with Crippen molar-refractivity contribution in [2.24, 2.45) is 5.92 Å². The van der Waals surface area contributed by atoms with Gasteiger partial charge in [0.1, 0.15) is 23.6 Å². The van der Waals surface area contributed by atoms with E-state index in [-0.39, 0.29) is 0 Å². The maximum atomic E-state index is 6.03. The molecule has 2 heterocycles. The predicted molar refractivity (Wildman–Crippen MR) is 147 cm³/mol. The molecule has 0 aliphatic carbocycles. The van der Waals surface area contributed by atoms with Crippen molar-refractivity contribution in [3.8, 4) is 23.3 Å². The maximum absolute atomic E-state index is 6.03. The fourth-order valence-electron chi connectivity index (χ4n) is 4.71. The number of para-hydroxylation sites is 1. The molecule has 3 aromatic carbocycles. The van der Waals surface area contributed by atoms with Gasteiger partial charge in [0.15, 0.2) is 0 Å². The van der Waals surface area contributed by atoms with Crippen molar-refractivity contribution in [3.05, 3.63) is 84.2 Å². The highest BCUT2D eigenvalue weighted by Gasteiger charge is 2.17. The number of likely N-dealkylation sites (tertiary alicyclic amines) is 1. The summed E-state index contributed by atoms with van der Waals surface area (Å²) in [5.41, 5.74) is 3.88. The van der Waals surface area contributed by atoms with Crippen LogP contribution in [0.2, 0.25) is 0 Å². The summed E-state index contributed by atoms with van der Waals surface area (Å²) in [4.78, 5) is 11.5. The standard InChI is InChI=1S/C31H32N4O/c1-3-17-35-18-7-8-25(21-35)12-11-24-13-15-29-28(20-24)31(33-22-32-29)34-26-14-16-30(23(2)19-26)36-27-9-5-4-6-10-27/h4-6,9-10,13-16,19-20,22,25H,3,7-8,17-18,21H2,1-2H3,(H,32,33,34). The molecule has 5 heteroatoms. The molecule has 0 amide bonds. The summed E-state index contributed by atoms with van der Waals surface area (Å²) in [5.74, 6) is 9.81. The molecule has 1 saturated heterocycles. The van der Waals surface area contributed by atoms with Gasteiger partial charge in [0, 0.05) is 29.1 Å². The molecule has 0 spiro atoms. The van der Waals surface area contributed by atoms with Crippen molar-refractivity contribution in [1.29, 1.82) is 0 Å². The number of benzene rings is 3. The molecule has 36 heavy (non-hydrogen) atoms. The summed E-state index contributed by atoms with van der Waals surface area (Å²) in [7, 11) is 0. The van der Waals surface area contributed by atoms with Crippen molar-refractivity contribution in [3.63, 3.8) is 0 Å². The minimum absolute atomic E-state index is 0.435. The second kappa shape index (κ2) is 11.2. The van der Waals surface area contributed by atoms with Crippen LogP contribution in [-0.4, -0.2) is 34.5 Å². The van der Waals surface area contributed by atoms with Gasteiger partial charge in [-0.25, -0.2) is 9.97 Å². The second-order valence-corrected chi connectivity index (χ2v) is 9.38. The zero-order valence-corrected chi connectivity index (χ0v) is 21.0. The van der Waals surface area contributed by atoms with Crippen molar-refractivity contribution in [2.45, 2.75) is 33.1 Å². The van der Waals surface area contributed by atoms with E-state index >= 15 is 0 Å². The van der Waals surface area contributed by atoms with Crippen LogP contribution < -0.4 is 10.1 Å². The van der Waals surface area contributed by atoms with Crippen LogP contribution in [0.25, 0.3) is 10.9 Å². The number of rotatable bonds is 6. The first-order valence-electron chi connectivity index (χ1n) is 12.8. The number of aryl methyl sites for hydroxylation is 1. The number of hydrogen-bond donors (Lipinski definition) is 1. The Morgan fingerprint density at radius 3 is 2.78 bits per heavy atom. The lowest BCUT2D eigenvalue weighted by Crippen LogP contribution is -2.35. The monoisotopic (exact) mass is 476 g/mol. The number of hydrogen-bond acceptors (Lipinski definition) is 5. The summed E-state index contributed by atoms with van der Waals surface area (Å²) in [6, 6.07) is 22.1. The number of nitrogens with zero attached hydrogens (tertiary/aromatic N) is 3. The zero-order chi connectivity index (χ0) is 24.7. The van der Waals surface area contributed by atoms with Crippen LogP contribution in [0, 0.1) is 24.7 Å². The highest BCUT2D eigenvalue weighted by Crippen LogP contribution is 2.30. The third-order valence-corrected chi connectivity index (χ3v) is 6.51. The van der Waals surface area contributed by atoms with Crippen molar-refractivity contribution in [1.82, 2.24) is 14.9 Å². The van der Waals surface area contributed by atoms with Crippen molar-refractivity contribution >= 4 is 22.4 Å². The number of ether oxygens (including phenoxy) is 1. The largest absolute Gasteiger partial charge is 0.457 e. The molecular formula is C31H32N4O. The topological polar surface area (TPSA) is 50.3 Å². The Bertz CT molecular complexity index is 1390. The molecule has 1 N–H and O–H groups in total. The lowest BCUT2D eigenvalue weighted by atomic mass is 9.98.